The zero-order chi connectivity index (χ0) is 18.8. The molecule has 2 aromatic heterocycles. The predicted octanol–water partition coefficient (Wildman–Crippen LogP) is 3.65. The smallest absolute Gasteiger partial charge is 0.271 e. The molecule has 0 spiro atoms. The van der Waals surface area contributed by atoms with E-state index in [4.69, 9.17) is 11.6 Å². The summed E-state index contributed by atoms with van der Waals surface area (Å²) in [7, 11) is 0. The zero-order valence-corrected chi connectivity index (χ0v) is 16.4. The van der Waals surface area contributed by atoms with Gasteiger partial charge in [-0.25, -0.2) is 4.98 Å². The Kier molecular flexibility index (Phi) is 5.27. The molecule has 1 N–H and O–H groups in total. The highest BCUT2D eigenvalue weighted by Gasteiger charge is 2.20. The minimum Gasteiger partial charge on any atom is -0.351 e. The topological polar surface area (TPSA) is 63.5 Å². The van der Waals surface area contributed by atoms with Crippen LogP contribution >= 0.6 is 22.9 Å². The van der Waals surface area contributed by atoms with Gasteiger partial charge in [0, 0.05) is 28.3 Å². The summed E-state index contributed by atoms with van der Waals surface area (Å²) in [6.07, 6.45) is 7.34. The van der Waals surface area contributed by atoms with E-state index in [2.05, 4.69) is 10.3 Å². The van der Waals surface area contributed by atoms with E-state index in [9.17, 15) is 9.59 Å². The molecule has 5 nitrogen and oxygen atoms in total. The Bertz CT molecular complexity index is 1040. The minimum absolute atomic E-state index is 0.105. The molecule has 0 atom stereocenters. The van der Waals surface area contributed by atoms with Crippen LogP contribution in [0.15, 0.2) is 35.3 Å². The molecule has 7 heteroatoms. The summed E-state index contributed by atoms with van der Waals surface area (Å²) in [6.45, 7) is 0.449. The zero-order valence-electron chi connectivity index (χ0n) is 14.8. The van der Waals surface area contributed by atoms with Crippen molar-refractivity contribution in [1.29, 1.82) is 0 Å². The Hall–Kier alpha value is -2.18. The van der Waals surface area contributed by atoms with Gasteiger partial charge in [-0.15, -0.1) is 11.3 Å². The van der Waals surface area contributed by atoms with Gasteiger partial charge in [-0.2, -0.15) is 0 Å². The van der Waals surface area contributed by atoms with Gasteiger partial charge in [0.25, 0.3) is 11.5 Å². The van der Waals surface area contributed by atoms with Crippen LogP contribution in [0.25, 0.3) is 4.96 Å². The summed E-state index contributed by atoms with van der Waals surface area (Å²) in [5, 5.41) is 3.52. The second-order valence-corrected chi connectivity index (χ2v) is 8.26. The van der Waals surface area contributed by atoms with Crippen molar-refractivity contribution in [2.45, 2.75) is 38.5 Å². The Labute approximate surface area is 166 Å². The molecule has 1 aliphatic rings. The van der Waals surface area contributed by atoms with Crippen LogP contribution in [0.5, 0.6) is 0 Å². The monoisotopic (exact) mass is 401 g/mol. The molecule has 1 amide bonds. The van der Waals surface area contributed by atoms with Gasteiger partial charge in [0.05, 0.1) is 0 Å². The first-order chi connectivity index (χ1) is 13.1. The summed E-state index contributed by atoms with van der Waals surface area (Å²) in [5.41, 5.74) is 1.96. The third-order valence-electron chi connectivity index (χ3n) is 4.91. The quantitative estimate of drug-likeness (QED) is 0.678. The number of thiazole rings is 1. The SMILES string of the molecule is O=C(NCCc1ccc(Cl)cc1)c1cnc2sc3c(n2c1=O)CCCCC3. The van der Waals surface area contributed by atoms with Crippen LogP contribution in [0.4, 0.5) is 0 Å². The van der Waals surface area contributed by atoms with E-state index in [0.29, 0.717) is 22.9 Å². The Balaban J connectivity index is 1.53. The van der Waals surface area contributed by atoms with E-state index in [1.165, 1.54) is 17.5 Å². The van der Waals surface area contributed by atoms with Crippen molar-refractivity contribution in [1.82, 2.24) is 14.7 Å². The second-order valence-electron chi connectivity index (χ2n) is 6.76. The average molecular weight is 402 g/mol. The molecule has 0 fully saturated rings. The highest BCUT2D eigenvalue weighted by Crippen LogP contribution is 2.27. The molecule has 1 aromatic carbocycles. The van der Waals surface area contributed by atoms with E-state index < -0.39 is 0 Å². The molecule has 0 unspecified atom stereocenters. The normalized spacial score (nSPS) is 14.0. The van der Waals surface area contributed by atoms with Crippen molar-refractivity contribution in [2.24, 2.45) is 0 Å². The standard InChI is InChI=1S/C20H20ClN3O2S/c21-14-8-6-13(7-9-14)10-11-22-18(25)15-12-23-20-24(19(15)26)16-4-2-1-3-5-17(16)27-20/h6-9,12H,1-5,10-11H2,(H,22,25). The number of fused-ring (bicyclic) bond motifs is 3. The number of aryl methyl sites for hydroxylation is 2. The maximum absolute atomic E-state index is 12.9. The molecule has 27 heavy (non-hydrogen) atoms. The molecule has 2 heterocycles. The van der Waals surface area contributed by atoms with Crippen LogP contribution < -0.4 is 10.9 Å². The molecule has 140 valence electrons. The number of aromatic nitrogens is 2. The fraction of sp³-hybridized carbons (Fsp3) is 0.350. The molecule has 3 aromatic rings. The summed E-state index contributed by atoms with van der Waals surface area (Å²) in [5.74, 6) is -0.371. The largest absolute Gasteiger partial charge is 0.351 e. The number of halogens is 1. The van der Waals surface area contributed by atoms with Gasteiger partial charge >= 0.3 is 0 Å². The van der Waals surface area contributed by atoms with Crippen LogP contribution in [0.1, 0.15) is 45.8 Å². The summed E-state index contributed by atoms with van der Waals surface area (Å²) in [4.78, 5) is 31.8. The number of nitrogens with one attached hydrogen (secondary N) is 1. The summed E-state index contributed by atoms with van der Waals surface area (Å²) < 4.78 is 1.65. The second kappa shape index (κ2) is 7.82. The van der Waals surface area contributed by atoms with E-state index in [1.54, 1.807) is 15.7 Å². The lowest BCUT2D eigenvalue weighted by Crippen LogP contribution is -2.33. The fourth-order valence-corrected chi connectivity index (χ4v) is 4.76. The average Bonchev–Trinajstić information content (AvgIpc) is 2.86. The highest BCUT2D eigenvalue weighted by atomic mass is 35.5. The number of carbonyl (C=O) groups is 1. The Morgan fingerprint density at radius 3 is 2.78 bits per heavy atom. The van der Waals surface area contributed by atoms with Crippen molar-refractivity contribution in [3.63, 3.8) is 0 Å². The number of hydrogen-bond acceptors (Lipinski definition) is 4. The Morgan fingerprint density at radius 1 is 1.19 bits per heavy atom. The lowest BCUT2D eigenvalue weighted by molar-refractivity contribution is 0.0952. The molecule has 0 saturated carbocycles. The lowest BCUT2D eigenvalue weighted by Gasteiger charge is -2.06. The van der Waals surface area contributed by atoms with Crippen molar-refractivity contribution in [2.75, 3.05) is 6.54 Å². The highest BCUT2D eigenvalue weighted by molar-refractivity contribution is 7.17. The molecule has 0 radical (unpaired) electrons. The Morgan fingerprint density at radius 2 is 1.96 bits per heavy atom. The maximum atomic E-state index is 12.9. The molecular formula is C20H20ClN3O2S. The van der Waals surface area contributed by atoms with Crippen LogP contribution in [-0.4, -0.2) is 21.8 Å². The molecule has 1 aliphatic carbocycles. The summed E-state index contributed by atoms with van der Waals surface area (Å²) in [6, 6.07) is 7.51. The molecule has 0 aliphatic heterocycles. The molecular weight excluding hydrogens is 382 g/mol. The van der Waals surface area contributed by atoms with Gasteiger partial charge < -0.3 is 5.32 Å². The van der Waals surface area contributed by atoms with Crippen LogP contribution in [0.2, 0.25) is 5.02 Å². The van der Waals surface area contributed by atoms with Gasteiger partial charge in [0.1, 0.15) is 5.56 Å². The first-order valence-corrected chi connectivity index (χ1v) is 10.4. The fourth-order valence-electron chi connectivity index (χ4n) is 3.47. The first kappa shape index (κ1) is 18.2. The van der Waals surface area contributed by atoms with E-state index in [1.807, 2.05) is 24.3 Å². The van der Waals surface area contributed by atoms with Gasteiger partial charge in [-0.1, -0.05) is 30.2 Å². The van der Waals surface area contributed by atoms with E-state index >= 15 is 0 Å². The number of amides is 1. The van der Waals surface area contributed by atoms with Crippen molar-refractivity contribution < 1.29 is 4.79 Å². The number of hydrogen-bond donors (Lipinski definition) is 1. The van der Waals surface area contributed by atoms with Gasteiger partial charge in [0.2, 0.25) is 0 Å². The summed E-state index contributed by atoms with van der Waals surface area (Å²) >= 11 is 7.45. The lowest BCUT2D eigenvalue weighted by atomic mass is 10.1. The van der Waals surface area contributed by atoms with Crippen molar-refractivity contribution >= 4 is 33.8 Å². The number of benzene rings is 1. The molecule has 0 saturated heterocycles. The molecule has 0 bridgehead atoms. The minimum atomic E-state index is -0.371. The maximum Gasteiger partial charge on any atom is 0.271 e. The van der Waals surface area contributed by atoms with Gasteiger partial charge in [-0.3, -0.25) is 14.0 Å². The van der Waals surface area contributed by atoms with E-state index in [-0.39, 0.29) is 17.0 Å². The van der Waals surface area contributed by atoms with Crippen LogP contribution in [0, 0.1) is 0 Å². The van der Waals surface area contributed by atoms with Crippen molar-refractivity contribution in [3.8, 4) is 0 Å². The third kappa shape index (κ3) is 3.77. The molecule has 4 rings (SSSR count). The van der Waals surface area contributed by atoms with Gasteiger partial charge in [0.15, 0.2) is 4.96 Å². The third-order valence-corrected chi connectivity index (χ3v) is 6.32. The van der Waals surface area contributed by atoms with E-state index in [0.717, 1.165) is 36.9 Å². The van der Waals surface area contributed by atoms with Gasteiger partial charge in [-0.05, 0) is 49.8 Å². The van der Waals surface area contributed by atoms with Crippen LogP contribution in [0.3, 0.4) is 0 Å². The predicted molar refractivity (Wildman–Crippen MR) is 108 cm³/mol. The number of carbonyl (C=O) groups excluding carboxylic acids is 1. The number of nitrogens with zero attached hydrogens (tertiary/aromatic N) is 2. The van der Waals surface area contributed by atoms with Crippen LogP contribution in [-0.2, 0) is 19.3 Å². The number of rotatable bonds is 4. The van der Waals surface area contributed by atoms with Crippen molar-refractivity contribution in [3.05, 3.63) is 67.5 Å². The first-order valence-electron chi connectivity index (χ1n) is 9.18.